The van der Waals surface area contributed by atoms with Crippen molar-refractivity contribution in [3.05, 3.63) is 52.7 Å². The van der Waals surface area contributed by atoms with Crippen molar-refractivity contribution in [1.29, 1.82) is 15.8 Å². The first kappa shape index (κ1) is 19.7. The van der Waals surface area contributed by atoms with Crippen LogP contribution in [-0.4, -0.2) is 12.5 Å². The molecule has 1 spiro atoms. The summed E-state index contributed by atoms with van der Waals surface area (Å²) in [4.78, 5) is 15.9. The zero-order valence-electron chi connectivity index (χ0n) is 17.1. The molecule has 0 saturated heterocycles. The Kier molecular flexibility index (Phi) is 4.44. The van der Waals surface area contributed by atoms with E-state index in [4.69, 9.17) is 5.73 Å². The van der Waals surface area contributed by atoms with Crippen LogP contribution < -0.4 is 10.6 Å². The maximum atomic E-state index is 14.2. The molecule has 150 valence electrons. The molecule has 0 unspecified atom stereocenters. The van der Waals surface area contributed by atoms with Crippen LogP contribution in [0.2, 0.25) is 0 Å². The Labute approximate surface area is 176 Å². The van der Waals surface area contributed by atoms with Crippen molar-refractivity contribution in [1.82, 2.24) is 0 Å². The number of nitriles is 3. The molecule has 2 N–H and O–H groups in total. The fraction of sp³-hybridized carbons (Fsp3) is 0.417. The van der Waals surface area contributed by atoms with Gasteiger partial charge in [0.15, 0.2) is 0 Å². The Bertz CT molecular complexity index is 1110. The van der Waals surface area contributed by atoms with Gasteiger partial charge in [-0.25, -0.2) is 0 Å². The molecule has 0 saturated carbocycles. The van der Waals surface area contributed by atoms with Crippen LogP contribution in [0.1, 0.15) is 38.7 Å². The Morgan fingerprint density at radius 2 is 1.93 bits per heavy atom. The topological polar surface area (TPSA) is 118 Å². The predicted molar refractivity (Wildman–Crippen MR) is 111 cm³/mol. The summed E-state index contributed by atoms with van der Waals surface area (Å²) in [6.07, 6.45) is 4.08. The number of hydrogen-bond acceptors (Lipinski definition) is 5. The number of hydrogen-bond donors (Lipinski definition) is 1. The highest BCUT2D eigenvalue weighted by atomic mass is 16.2. The Morgan fingerprint density at radius 1 is 1.23 bits per heavy atom. The molecule has 1 aliphatic heterocycles. The van der Waals surface area contributed by atoms with Crippen LogP contribution in [0.15, 0.2) is 47.2 Å². The molecule has 1 aromatic rings. The average molecular weight is 397 g/mol. The summed E-state index contributed by atoms with van der Waals surface area (Å²) in [6, 6.07) is 13.8. The van der Waals surface area contributed by atoms with E-state index in [0.717, 1.165) is 18.5 Å². The summed E-state index contributed by atoms with van der Waals surface area (Å²) >= 11 is 0. The zero-order valence-corrected chi connectivity index (χ0v) is 17.1. The maximum Gasteiger partial charge on any atom is 0.241 e. The second kappa shape index (κ2) is 6.75. The minimum atomic E-state index is -1.95. The van der Waals surface area contributed by atoms with Crippen LogP contribution in [0.5, 0.6) is 0 Å². The number of anilines is 1. The Balaban J connectivity index is 2.18. The van der Waals surface area contributed by atoms with Crippen molar-refractivity contribution in [2.45, 2.75) is 38.5 Å². The molecule has 6 nitrogen and oxygen atoms in total. The third-order valence-electron chi connectivity index (χ3n) is 6.93. The summed E-state index contributed by atoms with van der Waals surface area (Å²) < 4.78 is 0. The highest BCUT2D eigenvalue weighted by Crippen LogP contribution is 2.64. The molecule has 0 fully saturated rings. The van der Waals surface area contributed by atoms with Crippen LogP contribution >= 0.6 is 0 Å². The fourth-order valence-corrected chi connectivity index (χ4v) is 5.67. The van der Waals surface area contributed by atoms with Crippen molar-refractivity contribution in [3.63, 3.8) is 0 Å². The van der Waals surface area contributed by atoms with E-state index in [2.05, 4.69) is 25.1 Å². The zero-order chi connectivity index (χ0) is 21.7. The normalized spacial score (nSPS) is 28.8. The van der Waals surface area contributed by atoms with Gasteiger partial charge in [-0.3, -0.25) is 4.79 Å². The maximum absolute atomic E-state index is 14.2. The molecule has 1 heterocycles. The van der Waals surface area contributed by atoms with Crippen molar-refractivity contribution >= 4 is 11.6 Å². The van der Waals surface area contributed by atoms with E-state index in [-0.39, 0.29) is 23.1 Å². The average Bonchev–Trinajstić information content (AvgIpc) is 3.00. The number of carbonyl (C=O) groups excluding carboxylic acids is 1. The van der Waals surface area contributed by atoms with E-state index in [1.165, 1.54) is 0 Å². The lowest BCUT2D eigenvalue weighted by Crippen LogP contribution is -2.61. The molecule has 0 radical (unpaired) electrons. The van der Waals surface area contributed by atoms with E-state index < -0.39 is 16.7 Å². The van der Waals surface area contributed by atoms with E-state index in [1.807, 2.05) is 37.3 Å². The minimum absolute atomic E-state index is 0.103. The summed E-state index contributed by atoms with van der Waals surface area (Å²) in [5.41, 5.74) is 5.18. The molecule has 1 aromatic carbocycles. The minimum Gasteiger partial charge on any atom is -0.399 e. The number of carbonyl (C=O) groups is 1. The lowest BCUT2D eigenvalue weighted by Gasteiger charge is -2.50. The van der Waals surface area contributed by atoms with E-state index in [9.17, 15) is 20.6 Å². The number of allylic oxidation sites excluding steroid dienone is 4. The van der Waals surface area contributed by atoms with Crippen LogP contribution in [0, 0.1) is 51.2 Å². The van der Waals surface area contributed by atoms with Gasteiger partial charge >= 0.3 is 0 Å². The van der Waals surface area contributed by atoms with Crippen molar-refractivity contribution in [2.75, 3.05) is 11.4 Å². The molecule has 2 aliphatic carbocycles. The number of rotatable bonds is 2. The summed E-state index contributed by atoms with van der Waals surface area (Å²) in [5, 5.41) is 30.6. The van der Waals surface area contributed by atoms with E-state index in [0.29, 0.717) is 24.1 Å². The quantitative estimate of drug-likeness (QED) is 0.820. The summed E-state index contributed by atoms with van der Waals surface area (Å²) in [6.45, 7) is 4.56. The van der Waals surface area contributed by atoms with Crippen LogP contribution in [0.25, 0.3) is 0 Å². The monoisotopic (exact) mass is 397 g/mol. The lowest BCUT2D eigenvalue weighted by molar-refractivity contribution is -0.127. The number of nitrogens with two attached hydrogens (primary N) is 1. The molecule has 30 heavy (non-hydrogen) atoms. The second-order valence-electron chi connectivity index (χ2n) is 8.44. The SMILES string of the molecule is CCCN1C(=O)[C@]2(c3ccccc31)[C@@H]1C[C@H](C)CC=C1C(C#N)=C(N)C2(C#N)C#N. The molecule has 0 bridgehead atoms. The van der Waals surface area contributed by atoms with Crippen LogP contribution in [0.3, 0.4) is 0 Å². The van der Waals surface area contributed by atoms with Crippen LogP contribution in [-0.2, 0) is 10.2 Å². The largest absolute Gasteiger partial charge is 0.399 e. The van der Waals surface area contributed by atoms with Gasteiger partial charge < -0.3 is 10.6 Å². The number of para-hydroxylation sites is 1. The molecule has 3 atom stereocenters. The van der Waals surface area contributed by atoms with Gasteiger partial charge in [0.2, 0.25) is 11.3 Å². The second-order valence-corrected chi connectivity index (χ2v) is 8.44. The van der Waals surface area contributed by atoms with Gasteiger partial charge in [-0.2, -0.15) is 15.8 Å². The van der Waals surface area contributed by atoms with Crippen molar-refractivity contribution in [2.24, 2.45) is 23.0 Å². The number of fused-ring (bicyclic) bond motifs is 4. The summed E-state index contributed by atoms with van der Waals surface area (Å²) in [7, 11) is 0. The first-order chi connectivity index (χ1) is 14.4. The van der Waals surface area contributed by atoms with Crippen LogP contribution in [0.4, 0.5) is 5.69 Å². The first-order valence-electron chi connectivity index (χ1n) is 10.3. The number of nitrogens with zero attached hydrogens (tertiary/aromatic N) is 4. The van der Waals surface area contributed by atoms with E-state index >= 15 is 0 Å². The number of amides is 1. The van der Waals surface area contributed by atoms with Crippen molar-refractivity contribution < 1.29 is 4.79 Å². The van der Waals surface area contributed by atoms with Gasteiger partial charge in [0.25, 0.3) is 0 Å². The van der Waals surface area contributed by atoms with Gasteiger partial charge in [-0.1, -0.05) is 38.1 Å². The molecule has 1 amide bonds. The Morgan fingerprint density at radius 3 is 2.57 bits per heavy atom. The molecule has 4 rings (SSSR count). The smallest absolute Gasteiger partial charge is 0.241 e. The van der Waals surface area contributed by atoms with Gasteiger partial charge in [0.05, 0.1) is 23.4 Å². The lowest BCUT2D eigenvalue weighted by atomic mass is 9.47. The highest BCUT2D eigenvalue weighted by Gasteiger charge is 2.72. The summed E-state index contributed by atoms with van der Waals surface area (Å²) in [5.74, 6) is -0.471. The molecular formula is C24H23N5O. The first-order valence-corrected chi connectivity index (χ1v) is 10.3. The third kappa shape index (κ3) is 2.08. The standard InChI is InChI=1S/C24H23N5O/c1-3-10-29-20-7-5-4-6-18(20)24(22(29)30)19-11-15(2)8-9-16(19)17(12-25)21(28)23(24,13-26)14-27/h4-7,9,15,19H,3,8,10-11,28H2,1-2H3/t15-,19-,24+/m1/s1. The molecule has 6 heteroatoms. The van der Waals surface area contributed by atoms with Gasteiger partial charge in [0, 0.05) is 18.2 Å². The van der Waals surface area contributed by atoms with Crippen molar-refractivity contribution in [3.8, 4) is 18.2 Å². The highest BCUT2D eigenvalue weighted by molar-refractivity contribution is 6.11. The van der Waals surface area contributed by atoms with Gasteiger partial charge in [0.1, 0.15) is 11.5 Å². The predicted octanol–water partition coefficient (Wildman–Crippen LogP) is 3.44. The van der Waals surface area contributed by atoms with Gasteiger partial charge in [-0.05, 0) is 42.4 Å². The third-order valence-corrected chi connectivity index (χ3v) is 6.93. The Hall–Kier alpha value is -3.56. The number of benzene rings is 1. The fourth-order valence-electron chi connectivity index (χ4n) is 5.67. The molecule has 0 aromatic heterocycles. The van der Waals surface area contributed by atoms with Gasteiger partial charge in [-0.15, -0.1) is 0 Å². The molecular weight excluding hydrogens is 374 g/mol. The van der Waals surface area contributed by atoms with E-state index in [1.54, 1.807) is 4.90 Å². The molecule has 3 aliphatic rings.